The molecule has 0 saturated heterocycles. The van der Waals surface area contributed by atoms with Crippen LogP contribution in [0.2, 0.25) is 0 Å². The number of rotatable bonds is 3. The number of carbonyl (C=O) groups excluding carboxylic acids is 1. The number of carbonyl (C=O) groups is 1. The third-order valence-corrected chi connectivity index (χ3v) is 4.83. The number of hydrogen-bond donors (Lipinski definition) is 1. The van der Waals surface area contributed by atoms with E-state index in [1.54, 1.807) is 6.07 Å². The molecule has 0 aliphatic heterocycles. The van der Waals surface area contributed by atoms with Gasteiger partial charge in [0.2, 0.25) is 0 Å². The van der Waals surface area contributed by atoms with Crippen LogP contribution in [0.1, 0.15) is 15.9 Å². The molecule has 0 bridgehead atoms. The molecule has 2 heterocycles. The zero-order valence-corrected chi connectivity index (χ0v) is 15.7. The molecule has 1 amide bonds. The Labute approximate surface area is 159 Å². The summed E-state index contributed by atoms with van der Waals surface area (Å²) >= 11 is 3.41. The van der Waals surface area contributed by atoms with Crippen LogP contribution in [0, 0.1) is 6.92 Å². The van der Waals surface area contributed by atoms with Gasteiger partial charge in [0.25, 0.3) is 5.91 Å². The summed E-state index contributed by atoms with van der Waals surface area (Å²) in [6.45, 7) is 2.05. The van der Waals surface area contributed by atoms with Crippen LogP contribution in [0.15, 0.2) is 77.5 Å². The Morgan fingerprint density at radius 2 is 1.88 bits per heavy atom. The highest BCUT2D eigenvalue weighted by atomic mass is 79.9. The lowest BCUT2D eigenvalue weighted by atomic mass is 10.1. The fraction of sp³-hybridized carbons (Fsp3) is 0.0476. The first kappa shape index (κ1) is 16.5. The predicted molar refractivity (Wildman–Crippen MR) is 107 cm³/mol. The van der Waals surface area contributed by atoms with Gasteiger partial charge < -0.3 is 9.72 Å². The summed E-state index contributed by atoms with van der Waals surface area (Å²) in [5, 5.41) is 2.95. The van der Waals surface area contributed by atoms with Crippen molar-refractivity contribution in [2.24, 2.45) is 0 Å². The molecule has 4 rings (SSSR count). The minimum Gasteiger partial charge on any atom is -0.322 e. The number of aromatic nitrogens is 2. The number of aryl methyl sites for hydroxylation is 1. The second-order valence-corrected chi connectivity index (χ2v) is 6.97. The normalized spacial score (nSPS) is 10.8. The van der Waals surface area contributed by atoms with Gasteiger partial charge in [0.05, 0.1) is 11.3 Å². The molecule has 0 unspecified atom stereocenters. The fourth-order valence-electron chi connectivity index (χ4n) is 2.84. The topological polar surface area (TPSA) is 46.4 Å². The summed E-state index contributed by atoms with van der Waals surface area (Å²) in [4.78, 5) is 17.2. The Bertz CT molecular complexity index is 1120. The summed E-state index contributed by atoms with van der Waals surface area (Å²) in [5.41, 5.74) is 5.23. The summed E-state index contributed by atoms with van der Waals surface area (Å²) in [7, 11) is 0. The average molecular weight is 406 g/mol. The lowest BCUT2D eigenvalue weighted by molar-refractivity contribution is 0.102. The van der Waals surface area contributed by atoms with Crippen LogP contribution in [-0.4, -0.2) is 15.3 Å². The first-order valence-corrected chi connectivity index (χ1v) is 9.01. The van der Waals surface area contributed by atoms with Gasteiger partial charge in [-0.2, -0.15) is 0 Å². The van der Waals surface area contributed by atoms with Gasteiger partial charge in [0.15, 0.2) is 0 Å². The van der Waals surface area contributed by atoms with E-state index in [9.17, 15) is 4.79 Å². The Morgan fingerprint density at radius 3 is 2.73 bits per heavy atom. The number of nitrogens with one attached hydrogen (secondary N) is 1. The average Bonchev–Trinajstić information content (AvgIpc) is 3.05. The Hall–Kier alpha value is -2.92. The van der Waals surface area contributed by atoms with Gasteiger partial charge in [-0.25, -0.2) is 4.98 Å². The molecule has 5 heteroatoms. The number of anilines is 1. The van der Waals surface area contributed by atoms with Crippen molar-refractivity contribution in [2.75, 3.05) is 5.32 Å². The number of imidazole rings is 1. The first-order chi connectivity index (χ1) is 12.6. The van der Waals surface area contributed by atoms with Crippen LogP contribution in [0.25, 0.3) is 16.9 Å². The van der Waals surface area contributed by atoms with Crippen LogP contribution in [-0.2, 0) is 0 Å². The van der Waals surface area contributed by atoms with E-state index < -0.39 is 0 Å². The van der Waals surface area contributed by atoms with E-state index in [0.717, 1.165) is 27.1 Å². The quantitative estimate of drug-likeness (QED) is 0.500. The van der Waals surface area contributed by atoms with Crippen molar-refractivity contribution in [3.8, 4) is 11.3 Å². The van der Waals surface area contributed by atoms with E-state index in [0.29, 0.717) is 5.56 Å². The van der Waals surface area contributed by atoms with E-state index in [1.807, 2.05) is 71.4 Å². The summed E-state index contributed by atoms with van der Waals surface area (Å²) < 4.78 is 2.78. The highest BCUT2D eigenvalue weighted by Gasteiger charge is 2.11. The molecule has 128 valence electrons. The van der Waals surface area contributed by atoms with E-state index in [2.05, 4.69) is 33.2 Å². The second kappa shape index (κ2) is 6.77. The molecular weight excluding hydrogens is 390 g/mol. The maximum Gasteiger partial charge on any atom is 0.256 e. The summed E-state index contributed by atoms with van der Waals surface area (Å²) in [6, 6.07) is 19.1. The van der Waals surface area contributed by atoms with Gasteiger partial charge in [0.1, 0.15) is 5.65 Å². The SMILES string of the molecule is Cc1ccc2nc(-c3cccc(NC(=O)c4ccccc4Br)c3)cn2c1. The standard InChI is InChI=1S/C21H16BrN3O/c1-14-9-10-20-24-19(13-25(20)12-14)15-5-4-6-16(11-15)23-21(26)17-7-2-3-8-18(17)22/h2-13H,1H3,(H,23,26). The number of amides is 1. The lowest BCUT2D eigenvalue weighted by Gasteiger charge is -2.08. The molecule has 2 aromatic heterocycles. The van der Waals surface area contributed by atoms with Crippen LogP contribution in [0.5, 0.6) is 0 Å². The molecule has 2 aromatic carbocycles. The van der Waals surface area contributed by atoms with Crippen molar-refractivity contribution in [1.29, 1.82) is 0 Å². The molecule has 26 heavy (non-hydrogen) atoms. The Kier molecular flexibility index (Phi) is 4.31. The molecule has 0 atom stereocenters. The number of benzene rings is 2. The highest BCUT2D eigenvalue weighted by Crippen LogP contribution is 2.24. The second-order valence-electron chi connectivity index (χ2n) is 6.11. The van der Waals surface area contributed by atoms with Gasteiger partial charge in [-0.1, -0.05) is 30.3 Å². The maximum absolute atomic E-state index is 12.5. The molecular formula is C21H16BrN3O. The van der Waals surface area contributed by atoms with Crippen molar-refractivity contribution >= 4 is 33.2 Å². The number of halogens is 1. The van der Waals surface area contributed by atoms with Crippen molar-refractivity contribution < 1.29 is 4.79 Å². The molecule has 4 aromatic rings. The first-order valence-electron chi connectivity index (χ1n) is 8.22. The van der Waals surface area contributed by atoms with Crippen LogP contribution in [0.4, 0.5) is 5.69 Å². The molecule has 0 saturated carbocycles. The largest absolute Gasteiger partial charge is 0.322 e. The van der Waals surface area contributed by atoms with Crippen LogP contribution in [0.3, 0.4) is 0 Å². The monoisotopic (exact) mass is 405 g/mol. The molecule has 0 radical (unpaired) electrons. The van der Waals surface area contributed by atoms with Gasteiger partial charge in [-0.15, -0.1) is 0 Å². The Morgan fingerprint density at radius 1 is 1.04 bits per heavy atom. The third-order valence-electron chi connectivity index (χ3n) is 4.13. The number of hydrogen-bond acceptors (Lipinski definition) is 2. The maximum atomic E-state index is 12.5. The predicted octanol–water partition coefficient (Wildman–Crippen LogP) is 5.32. The van der Waals surface area contributed by atoms with Crippen LogP contribution < -0.4 is 5.32 Å². The Balaban J connectivity index is 1.64. The van der Waals surface area contributed by atoms with Gasteiger partial charge in [-0.3, -0.25) is 4.79 Å². The van der Waals surface area contributed by atoms with Crippen molar-refractivity contribution in [3.05, 3.63) is 88.7 Å². The smallest absolute Gasteiger partial charge is 0.256 e. The van der Waals surface area contributed by atoms with Gasteiger partial charge >= 0.3 is 0 Å². The molecule has 4 nitrogen and oxygen atoms in total. The summed E-state index contributed by atoms with van der Waals surface area (Å²) in [5.74, 6) is -0.153. The van der Waals surface area contributed by atoms with E-state index in [4.69, 9.17) is 0 Å². The van der Waals surface area contributed by atoms with Gasteiger partial charge in [-0.05, 0) is 58.7 Å². The number of pyridine rings is 1. The third kappa shape index (κ3) is 3.26. The van der Waals surface area contributed by atoms with Crippen molar-refractivity contribution in [3.63, 3.8) is 0 Å². The molecule has 0 spiro atoms. The van der Waals surface area contributed by atoms with Crippen molar-refractivity contribution in [2.45, 2.75) is 6.92 Å². The van der Waals surface area contributed by atoms with E-state index in [1.165, 1.54) is 5.56 Å². The number of nitrogens with zero attached hydrogens (tertiary/aromatic N) is 2. The lowest BCUT2D eigenvalue weighted by Crippen LogP contribution is -2.12. The van der Waals surface area contributed by atoms with Gasteiger partial charge in [0, 0.05) is 28.1 Å². The zero-order valence-electron chi connectivity index (χ0n) is 14.1. The minimum atomic E-state index is -0.153. The van der Waals surface area contributed by atoms with E-state index >= 15 is 0 Å². The molecule has 0 aliphatic carbocycles. The van der Waals surface area contributed by atoms with E-state index in [-0.39, 0.29) is 5.91 Å². The van der Waals surface area contributed by atoms with Crippen molar-refractivity contribution in [1.82, 2.24) is 9.38 Å². The molecule has 1 N–H and O–H groups in total. The summed E-state index contributed by atoms with van der Waals surface area (Å²) in [6.07, 6.45) is 4.04. The minimum absolute atomic E-state index is 0.153. The molecule has 0 fully saturated rings. The fourth-order valence-corrected chi connectivity index (χ4v) is 3.31. The highest BCUT2D eigenvalue weighted by molar-refractivity contribution is 9.10. The van der Waals surface area contributed by atoms with Crippen LogP contribution >= 0.6 is 15.9 Å². The number of fused-ring (bicyclic) bond motifs is 1. The molecule has 0 aliphatic rings. The zero-order chi connectivity index (χ0) is 18.1.